The Kier molecular flexibility index (Phi) is 6.04. The molecule has 1 aromatic rings. The lowest BCUT2D eigenvalue weighted by Crippen LogP contribution is -2.43. The van der Waals surface area contributed by atoms with E-state index in [9.17, 15) is 19.2 Å². The van der Waals surface area contributed by atoms with Crippen molar-refractivity contribution < 1.29 is 23.9 Å². The van der Waals surface area contributed by atoms with Crippen LogP contribution in [0.4, 0.5) is 0 Å². The molecule has 27 heavy (non-hydrogen) atoms. The Labute approximate surface area is 158 Å². The number of hydrogen-bond donors (Lipinski definition) is 0. The van der Waals surface area contributed by atoms with Gasteiger partial charge in [-0.2, -0.15) is 0 Å². The predicted octanol–water partition coefficient (Wildman–Crippen LogP) is 2.30. The van der Waals surface area contributed by atoms with Crippen molar-refractivity contribution in [3.8, 4) is 0 Å². The Bertz CT molecular complexity index is 729. The van der Waals surface area contributed by atoms with E-state index in [1.165, 1.54) is 0 Å². The van der Waals surface area contributed by atoms with Crippen LogP contribution in [0.2, 0.25) is 0 Å². The van der Waals surface area contributed by atoms with Gasteiger partial charge in [-0.05, 0) is 31.2 Å². The number of benzene rings is 1. The van der Waals surface area contributed by atoms with Crippen LogP contribution >= 0.6 is 0 Å². The molecule has 2 unspecified atom stereocenters. The fourth-order valence-electron chi connectivity index (χ4n) is 4.21. The van der Waals surface area contributed by atoms with Gasteiger partial charge >= 0.3 is 5.97 Å². The number of esters is 1. The molecule has 0 bridgehead atoms. The minimum atomic E-state index is -0.892. The Morgan fingerprint density at radius 3 is 2.63 bits per heavy atom. The minimum Gasteiger partial charge on any atom is -0.465 e. The number of rotatable bonds is 6. The Balaban J connectivity index is 1.75. The highest BCUT2D eigenvalue weighted by Crippen LogP contribution is 2.35. The van der Waals surface area contributed by atoms with Crippen LogP contribution in [0.1, 0.15) is 44.6 Å². The highest BCUT2D eigenvalue weighted by Gasteiger charge is 2.44. The summed E-state index contributed by atoms with van der Waals surface area (Å²) in [5, 5.41) is 0. The van der Waals surface area contributed by atoms with Gasteiger partial charge in [0.05, 0.1) is 13.0 Å². The lowest BCUT2D eigenvalue weighted by atomic mass is 9.74. The molecule has 1 heterocycles. The normalized spacial score (nSPS) is 25.7. The quantitative estimate of drug-likeness (QED) is 0.566. The fraction of sp³-hybridized carbons (Fsp3) is 0.524. The standard InChI is InChI=1S/C21H25NO5/c1-2-27-21(26)20-15(11-17(23)12-18(20)24)10-16-8-9-19(25)22(16)13-14-6-4-3-5-7-14/h3-7,15-16,20H,2,8-13H2,1H3/t15?,16-,20?/m0/s1. The molecule has 1 aliphatic heterocycles. The van der Waals surface area contributed by atoms with Crippen molar-refractivity contribution in [2.24, 2.45) is 11.8 Å². The molecule has 144 valence electrons. The molecule has 1 saturated carbocycles. The Morgan fingerprint density at radius 2 is 1.93 bits per heavy atom. The van der Waals surface area contributed by atoms with Crippen molar-refractivity contribution in [3.05, 3.63) is 35.9 Å². The van der Waals surface area contributed by atoms with Crippen molar-refractivity contribution in [2.45, 2.75) is 51.6 Å². The third-order valence-electron chi connectivity index (χ3n) is 5.44. The lowest BCUT2D eigenvalue weighted by molar-refractivity contribution is -0.156. The van der Waals surface area contributed by atoms with Gasteiger partial charge in [0.15, 0.2) is 5.78 Å². The van der Waals surface area contributed by atoms with E-state index in [4.69, 9.17) is 4.74 Å². The van der Waals surface area contributed by atoms with Gasteiger partial charge in [0.1, 0.15) is 11.7 Å². The molecular formula is C21H25NO5. The van der Waals surface area contributed by atoms with Crippen molar-refractivity contribution in [1.82, 2.24) is 4.90 Å². The minimum absolute atomic E-state index is 0.0710. The molecule has 1 amide bonds. The molecule has 1 aromatic carbocycles. The molecule has 1 saturated heterocycles. The topological polar surface area (TPSA) is 80.8 Å². The molecule has 6 nitrogen and oxygen atoms in total. The van der Waals surface area contributed by atoms with Crippen molar-refractivity contribution in [2.75, 3.05) is 6.61 Å². The fourth-order valence-corrected chi connectivity index (χ4v) is 4.21. The van der Waals surface area contributed by atoms with Crippen LogP contribution in [0.3, 0.4) is 0 Å². The smallest absolute Gasteiger partial charge is 0.316 e. The first-order valence-electron chi connectivity index (χ1n) is 9.54. The van der Waals surface area contributed by atoms with Gasteiger partial charge in [-0.3, -0.25) is 19.2 Å². The molecule has 1 aliphatic carbocycles. The summed E-state index contributed by atoms with van der Waals surface area (Å²) in [5.41, 5.74) is 1.04. The van der Waals surface area contributed by atoms with E-state index in [2.05, 4.69) is 0 Å². The molecule has 2 aliphatic rings. The first-order valence-corrected chi connectivity index (χ1v) is 9.54. The van der Waals surface area contributed by atoms with Gasteiger partial charge in [-0.1, -0.05) is 30.3 Å². The number of likely N-dealkylation sites (tertiary alicyclic amines) is 1. The number of hydrogen-bond acceptors (Lipinski definition) is 5. The van der Waals surface area contributed by atoms with Crippen LogP contribution in [0, 0.1) is 11.8 Å². The summed E-state index contributed by atoms with van der Waals surface area (Å²) in [6.45, 7) is 2.40. The number of Topliss-reactive ketones (excluding diaryl/α,β-unsaturated/α-hetero) is 2. The van der Waals surface area contributed by atoms with Gasteiger partial charge in [-0.15, -0.1) is 0 Å². The average Bonchev–Trinajstić information content (AvgIpc) is 2.95. The van der Waals surface area contributed by atoms with E-state index in [0.29, 0.717) is 25.8 Å². The van der Waals surface area contributed by atoms with Crippen molar-refractivity contribution >= 4 is 23.4 Å². The summed E-state index contributed by atoms with van der Waals surface area (Å²) in [4.78, 5) is 50.8. The summed E-state index contributed by atoms with van der Waals surface area (Å²) < 4.78 is 5.07. The van der Waals surface area contributed by atoms with E-state index in [0.717, 1.165) is 5.56 Å². The van der Waals surface area contributed by atoms with Gasteiger partial charge in [-0.25, -0.2) is 0 Å². The molecule has 6 heteroatoms. The number of nitrogens with zero attached hydrogens (tertiary/aromatic N) is 1. The molecule has 0 N–H and O–H groups in total. The van der Waals surface area contributed by atoms with Crippen molar-refractivity contribution in [1.29, 1.82) is 0 Å². The molecular weight excluding hydrogens is 346 g/mol. The number of ketones is 2. The van der Waals surface area contributed by atoms with Crippen LogP contribution in [-0.2, 0) is 30.5 Å². The third kappa shape index (κ3) is 4.43. The number of carbonyl (C=O) groups excluding carboxylic acids is 4. The largest absolute Gasteiger partial charge is 0.465 e. The monoisotopic (exact) mass is 371 g/mol. The molecule has 0 spiro atoms. The van der Waals surface area contributed by atoms with Crippen LogP contribution in [0.5, 0.6) is 0 Å². The van der Waals surface area contributed by atoms with Crippen LogP contribution in [0.15, 0.2) is 30.3 Å². The maximum absolute atomic E-state index is 12.4. The van der Waals surface area contributed by atoms with Crippen molar-refractivity contribution in [3.63, 3.8) is 0 Å². The highest BCUT2D eigenvalue weighted by molar-refractivity contribution is 6.10. The summed E-state index contributed by atoms with van der Waals surface area (Å²) in [7, 11) is 0. The predicted molar refractivity (Wildman–Crippen MR) is 97.5 cm³/mol. The molecule has 2 fully saturated rings. The second kappa shape index (κ2) is 8.46. The lowest BCUT2D eigenvalue weighted by Gasteiger charge is -2.33. The second-order valence-corrected chi connectivity index (χ2v) is 7.31. The van der Waals surface area contributed by atoms with E-state index in [1.807, 2.05) is 35.2 Å². The SMILES string of the molecule is CCOC(=O)C1C(=O)CC(=O)CC1C[C@@H]1CCC(=O)N1Cc1ccccc1. The Hall–Kier alpha value is -2.50. The van der Waals surface area contributed by atoms with Gasteiger partial charge in [0.2, 0.25) is 5.91 Å². The maximum atomic E-state index is 12.4. The first kappa shape index (κ1) is 19.3. The summed E-state index contributed by atoms with van der Waals surface area (Å²) >= 11 is 0. The van der Waals surface area contributed by atoms with E-state index >= 15 is 0 Å². The molecule has 3 atom stereocenters. The second-order valence-electron chi connectivity index (χ2n) is 7.31. The Morgan fingerprint density at radius 1 is 1.19 bits per heavy atom. The number of carbonyl (C=O) groups is 4. The molecule has 0 aromatic heterocycles. The number of amides is 1. The first-order chi connectivity index (χ1) is 13.0. The molecule has 3 rings (SSSR count). The van der Waals surface area contributed by atoms with E-state index in [1.54, 1.807) is 6.92 Å². The van der Waals surface area contributed by atoms with E-state index in [-0.39, 0.29) is 43.0 Å². The molecule has 0 radical (unpaired) electrons. The van der Waals surface area contributed by atoms with Crippen LogP contribution < -0.4 is 0 Å². The summed E-state index contributed by atoms with van der Waals surface area (Å²) in [5.74, 6) is -2.24. The van der Waals surface area contributed by atoms with Crippen LogP contribution in [-0.4, -0.2) is 41.0 Å². The summed E-state index contributed by atoms with van der Waals surface area (Å²) in [6.07, 6.45) is 1.60. The zero-order valence-corrected chi connectivity index (χ0v) is 15.6. The average molecular weight is 371 g/mol. The van der Waals surface area contributed by atoms with Gasteiger partial charge in [0.25, 0.3) is 0 Å². The van der Waals surface area contributed by atoms with E-state index < -0.39 is 17.8 Å². The van der Waals surface area contributed by atoms with Gasteiger partial charge < -0.3 is 9.64 Å². The number of ether oxygens (including phenoxy) is 1. The van der Waals surface area contributed by atoms with Crippen LogP contribution in [0.25, 0.3) is 0 Å². The zero-order chi connectivity index (χ0) is 19.4. The zero-order valence-electron chi connectivity index (χ0n) is 15.6. The third-order valence-corrected chi connectivity index (χ3v) is 5.44. The van der Waals surface area contributed by atoms with Gasteiger partial charge in [0, 0.05) is 25.4 Å². The summed E-state index contributed by atoms with van der Waals surface area (Å²) in [6, 6.07) is 9.66. The maximum Gasteiger partial charge on any atom is 0.316 e. The highest BCUT2D eigenvalue weighted by atomic mass is 16.5.